The van der Waals surface area contributed by atoms with Gasteiger partial charge in [0.2, 0.25) is 11.8 Å². The monoisotopic (exact) mass is 425 g/mol. The molecule has 0 bridgehead atoms. The second-order valence-corrected chi connectivity index (χ2v) is 8.29. The third-order valence-corrected chi connectivity index (χ3v) is 5.14. The summed E-state index contributed by atoms with van der Waals surface area (Å²) in [6.45, 7) is 9.93. The number of carbonyl (C=O) groups excluding carboxylic acids is 2. The maximum Gasteiger partial charge on any atom is 0.233 e. The number of nitrogens with one attached hydrogen (secondary N) is 3. The molecule has 0 aliphatic heterocycles. The Morgan fingerprint density at radius 3 is 2.13 bits per heavy atom. The van der Waals surface area contributed by atoms with Gasteiger partial charge in [-0.15, -0.1) is 0 Å². The Morgan fingerprint density at radius 1 is 0.967 bits per heavy atom. The molecule has 0 aliphatic carbocycles. The molecule has 0 saturated carbocycles. The Hall–Kier alpha value is -2.73. The second kappa shape index (κ2) is 10.9. The number of hydrogen-bond acceptors (Lipinski definition) is 3. The minimum atomic E-state index is -0.325. The first-order valence-electron chi connectivity index (χ1n) is 10.3. The molecule has 0 aromatic heterocycles. The summed E-state index contributed by atoms with van der Waals surface area (Å²) in [7, 11) is 0. The lowest BCUT2D eigenvalue weighted by Gasteiger charge is -2.17. The van der Waals surface area contributed by atoms with Crippen molar-refractivity contribution in [2.75, 3.05) is 10.6 Å². The third-order valence-electron chi connectivity index (χ3n) is 4.93. The van der Waals surface area contributed by atoms with E-state index >= 15 is 0 Å². The molecule has 30 heavy (non-hydrogen) atoms. The van der Waals surface area contributed by atoms with Gasteiger partial charge in [0.25, 0.3) is 0 Å². The van der Waals surface area contributed by atoms with Crippen molar-refractivity contribution in [3.8, 4) is 0 Å². The van der Waals surface area contributed by atoms with Crippen LogP contribution >= 0.6 is 12.2 Å². The Morgan fingerprint density at radius 2 is 1.57 bits per heavy atom. The van der Waals surface area contributed by atoms with E-state index in [1.165, 1.54) is 5.56 Å². The molecule has 1 atom stereocenters. The van der Waals surface area contributed by atoms with Gasteiger partial charge in [-0.05, 0) is 67.2 Å². The first kappa shape index (κ1) is 23.5. The van der Waals surface area contributed by atoms with Crippen LogP contribution in [0.2, 0.25) is 0 Å². The highest BCUT2D eigenvalue weighted by atomic mass is 32.1. The summed E-state index contributed by atoms with van der Waals surface area (Å²) < 4.78 is 0. The van der Waals surface area contributed by atoms with E-state index in [0.29, 0.717) is 12.3 Å². The van der Waals surface area contributed by atoms with Gasteiger partial charge in [0.15, 0.2) is 5.11 Å². The van der Waals surface area contributed by atoms with Gasteiger partial charge in [0.1, 0.15) is 0 Å². The predicted octanol–water partition coefficient (Wildman–Crippen LogP) is 5.16. The highest BCUT2D eigenvalue weighted by Crippen LogP contribution is 2.24. The van der Waals surface area contributed by atoms with E-state index in [4.69, 9.17) is 12.2 Å². The predicted molar refractivity (Wildman–Crippen MR) is 128 cm³/mol. The number of carbonyl (C=O) groups is 2. The molecule has 2 amide bonds. The zero-order valence-corrected chi connectivity index (χ0v) is 19.2. The van der Waals surface area contributed by atoms with E-state index in [2.05, 4.69) is 41.9 Å². The molecular weight excluding hydrogens is 394 g/mol. The van der Waals surface area contributed by atoms with Crippen LogP contribution < -0.4 is 16.0 Å². The van der Waals surface area contributed by atoms with Gasteiger partial charge in [-0.2, -0.15) is 0 Å². The first-order chi connectivity index (χ1) is 14.2. The second-order valence-electron chi connectivity index (χ2n) is 7.88. The average Bonchev–Trinajstić information content (AvgIpc) is 2.70. The Kier molecular flexibility index (Phi) is 8.54. The molecule has 0 saturated heterocycles. The van der Waals surface area contributed by atoms with Crippen molar-refractivity contribution in [2.45, 2.75) is 53.4 Å². The summed E-state index contributed by atoms with van der Waals surface area (Å²) in [6.07, 6.45) is 1.42. The Balaban J connectivity index is 2.00. The molecule has 5 nitrogen and oxygen atoms in total. The number of amides is 2. The molecule has 0 aliphatic rings. The fraction of sp³-hybridized carbons (Fsp3) is 0.375. The number of anilines is 2. The number of benzene rings is 2. The summed E-state index contributed by atoms with van der Waals surface area (Å²) in [5.74, 6) is 0.0444. The molecule has 0 radical (unpaired) electrons. The minimum absolute atomic E-state index is 0.0561. The maximum absolute atomic E-state index is 12.6. The standard InChI is InChI=1S/C24H31N3O2S/c1-6-22(28)25-20-8-7-9-21(17(20)5)26-24(30)27-23(29)16(4)19-12-10-18(11-13-19)14-15(2)3/h7-13,15-16H,6,14H2,1-5H3,(H,25,28)(H2,26,27,29,30). The normalized spacial score (nSPS) is 11.7. The minimum Gasteiger partial charge on any atom is -0.332 e. The van der Waals surface area contributed by atoms with E-state index in [0.717, 1.165) is 28.9 Å². The molecule has 3 N–H and O–H groups in total. The van der Waals surface area contributed by atoms with Gasteiger partial charge >= 0.3 is 0 Å². The zero-order valence-electron chi connectivity index (χ0n) is 18.3. The number of thiocarbonyl (C=S) groups is 1. The molecule has 2 rings (SSSR count). The molecule has 6 heteroatoms. The van der Waals surface area contributed by atoms with Crippen LogP contribution in [-0.2, 0) is 16.0 Å². The van der Waals surface area contributed by atoms with E-state index in [-0.39, 0.29) is 22.8 Å². The third kappa shape index (κ3) is 6.66. The molecule has 0 spiro atoms. The number of hydrogen-bond donors (Lipinski definition) is 3. The molecule has 2 aromatic carbocycles. The van der Waals surface area contributed by atoms with Gasteiger partial charge in [-0.25, -0.2) is 0 Å². The maximum atomic E-state index is 12.6. The summed E-state index contributed by atoms with van der Waals surface area (Å²) in [5.41, 5.74) is 4.52. The van der Waals surface area contributed by atoms with Crippen molar-refractivity contribution in [2.24, 2.45) is 5.92 Å². The van der Waals surface area contributed by atoms with Gasteiger partial charge in [0, 0.05) is 17.8 Å². The SMILES string of the molecule is CCC(=O)Nc1cccc(NC(=S)NC(=O)C(C)c2ccc(CC(C)C)cc2)c1C. The zero-order chi connectivity index (χ0) is 22.3. The van der Waals surface area contributed by atoms with Crippen LogP contribution in [0.5, 0.6) is 0 Å². The molecule has 0 fully saturated rings. The van der Waals surface area contributed by atoms with E-state index in [9.17, 15) is 9.59 Å². The van der Waals surface area contributed by atoms with E-state index in [1.807, 2.05) is 44.2 Å². The fourth-order valence-corrected chi connectivity index (χ4v) is 3.29. The van der Waals surface area contributed by atoms with E-state index in [1.54, 1.807) is 6.92 Å². The molecular formula is C24H31N3O2S. The van der Waals surface area contributed by atoms with Crippen molar-refractivity contribution in [1.82, 2.24) is 5.32 Å². The summed E-state index contributed by atoms with van der Waals surface area (Å²) in [4.78, 5) is 24.3. The van der Waals surface area contributed by atoms with Crippen molar-refractivity contribution >= 4 is 40.5 Å². The number of rotatable bonds is 7. The van der Waals surface area contributed by atoms with Crippen molar-refractivity contribution in [3.05, 3.63) is 59.2 Å². The summed E-state index contributed by atoms with van der Waals surface area (Å²) in [5, 5.41) is 8.91. The van der Waals surface area contributed by atoms with Gasteiger partial charge < -0.3 is 16.0 Å². The highest BCUT2D eigenvalue weighted by molar-refractivity contribution is 7.80. The van der Waals surface area contributed by atoms with Gasteiger partial charge in [-0.3, -0.25) is 9.59 Å². The van der Waals surface area contributed by atoms with Crippen molar-refractivity contribution in [1.29, 1.82) is 0 Å². The summed E-state index contributed by atoms with van der Waals surface area (Å²) >= 11 is 5.33. The van der Waals surface area contributed by atoms with Crippen molar-refractivity contribution in [3.63, 3.8) is 0 Å². The summed E-state index contributed by atoms with van der Waals surface area (Å²) in [6, 6.07) is 13.7. The van der Waals surface area contributed by atoms with Crippen LogP contribution in [0.4, 0.5) is 11.4 Å². The van der Waals surface area contributed by atoms with Crippen molar-refractivity contribution < 1.29 is 9.59 Å². The van der Waals surface area contributed by atoms with Crippen LogP contribution in [0.25, 0.3) is 0 Å². The smallest absolute Gasteiger partial charge is 0.233 e. The lowest BCUT2D eigenvalue weighted by Crippen LogP contribution is -2.37. The Labute approximate surface area is 184 Å². The quantitative estimate of drug-likeness (QED) is 0.536. The molecule has 160 valence electrons. The van der Waals surface area contributed by atoms with E-state index < -0.39 is 0 Å². The van der Waals surface area contributed by atoms with Gasteiger partial charge in [0.05, 0.1) is 5.92 Å². The largest absolute Gasteiger partial charge is 0.332 e. The fourth-order valence-electron chi connectivity index (χ4n) is 3.08. The molecule has 0 heterocycles. The van der Waals surface area contributed by atoms with Crippen LogP contribution in [0.1, 0.15) is 56.7 Å². The van der Waals surface area contributed by atoms with Gasteiger partial charge in [-0.1, -0.05) is 51.1 Å². The lowest BCUT2D eigenvalue weighted by molar-refractivity contribution is -0.120. The first-order valence-corrected chi connectivity index (χ1v) is 10.7. The lowest BCUT2D eigenvalue weighted by atomic mass is 9.96. The topological polar surface area (TPSA) is 70.2 Å². The van der Waals surface area contributed by atoms with Crippen LogP contribution in [0.15, 0.2) is 42.5 Å². The van der Waals surface area contributed by atoms with Crippen LogP contribution in [0, 0.1) is 12.8 Å². The average molecular weight is 426 g/mol. The molecule has 2 aromatic rings. The highest BCUT2D eigenvalue weighted by Gasteiger charge is 2.17. The van der Waals surface area contributed by atoms with Crippen LogP contribution in [0.3, 0.4) is 0 Å². The van der Waals surface area contributed by atoms with Crippen LogP contribution in [-0.4, -0.2) is 16.9 Å². The Bertz CT molecular complexity index is 907. The molecule has 1 unspecified atom stereocenters.